The van der Waals surface area contributed by atoms with Gasteiger partial charge in [-0.2, -0.15) is 0 Å². The molecule has 0 bridgehead atoms. The monoisotopic (exact) mass is 114 g/mol. The number of ether oxygens (including phenoxy) is 1. The van der Waals surface area contributed by atoms with Crippen molar-refractivity contribution in [2.75, 3.05) is 13.7 Å². The summed E-state index contributed by atoms with van der Waals surface area (Å²) in [5.74, 6) is 0.528. The molecule has 0 spiro atoms. The summed E-state index contributed by atoms with van der Waals surface area (Å²) in [5.41, 5.74) is 0. The zero-order valence-electron chi connectivity index (χ0n) is 4.92. The summed E-state index contributed by atoms with van der Waals surface area (Å²) in [5, 5.41) is 8.42. The van der Waals surface area contributed by atoms with E-state index in [4.69, 9.17) is 5.11 Å². The van der Waals surface area contributed by atoms with Gasteiger partial charge in [0.25, 0.3) is 0 Å². The maximum Gasteiger partial charge on any atom is 0.121 e. The van der Waals surface area contributed by atoms with Gasteiger partial charge in [0.15, 0.2) is 0 Å². The summed E-state index contributed by atoms with van der Waals surface area (Å²) in [7, 11) is 1.51. The standard InChI is InChI=1S/C6H10O2/c1-3-4-6(5-7)8-2/h3-4,7H,1,5H2,2H3/b6-4-. The Labute approximate surface area is 49.1 Å². The van der Waals surface area contributed by atoms with Gasteiger partial charge in [-0.25, -0.2) is 0 Å². The number of aliphatic hydroxyl groups excluding tert-OH is 1. The van der Waals surface area contributed by atoms with E-state index in [2.05, 4.69) is 11.3 Å². The maximum absolute atomic E-state index is 8.42. The van der Waals surface area contributed by atoms with Crippen LogP contribution in [0.2, 0.25) is 0 Å². The molecule has 0 saturated carbocycles. The minimum atomic E-state index is -0.0669. The molecule has 0 aliphatic carbocycles. The quantitative estimate of drug-likeness (QED) is 0.432. The van der Waals surface area contributed by atoms with Gasteiger partial charge in [-0.05, 0) is 6.08 Å². The summed E-state index contributed by atoms with van der Waals surface area (Å²) in [6.45, 7) is 3.36. The molecular weight excluding hydrogens is 104 g/mol. The minimum absolute atomic E-state index is 0.0669. The average molecular weight is 114 g/mol. The molecule has 0 aliphatic heterocycles. The largest absolute Gasteiger partial charge is 0.499 e. The molecule has 0 unspecified atom stereocenters. The van der Waals surface area contributed by atoms with Gasteiger partial charge >= 0.3 is 0 Å². The Hall–Kier alpha value is -0.760. The lowest BCUT2D eigenvalue weighted by Crippen LogP contribution is -1.90. The second-order valence-corrected chi connectivity index (χ2v) is 1.23. The van der Waals surface area contributed by atoms with Crippen molar-refractivity contribution in [2.45, 2.75) is 0 Å². The fourth-order valence-electron chi connectivity index (χ4n) is 0.317. The van der Waals surface area contributed by atoms with Crippen LogP contribution in [0.4, 0.5) is 0 Å². The zero-order chi connectivity index (χ0) is 6.41. The van der Waals surface area contributed by atoms with Gasteiger partial charge in [0.2, 0.25) is 0 Å². The third-order valence-corrected chi connectivity index (χ3v) is 0.722. The third-order valence-electron chi connectivity index (χ3n) is 0.722. The Kier molecular flexibility index (Phi) is 3.98. The molecule has 0 amide bonds. The van der Waals surface area contributed by atoms with Crippen LogP contribution in [0.25, 0.3) is 0 Å². The van der Waals surface area contributed by atoms with Crippen molar-refractivity contribution < 1.29 is 9.84 Å². The first-order chi connectivity index (χ1) is 3.85. The number of methoxy groups -OCH3 is 1. The van der Waals surface area contributed by atoms with Gasteiger partial charge in [0.05, 0.1) is 7.11 Å². The molecule has 0 aromatic heterocycles. The van der Waals surface area contributed by atoms with E-state index < -0.39 is 0 Å². The molecule has 1 N–H and O–H groups in total. The maximum atomic E-state index is 8.42. The van der Waals surface area contributed by atoms with Gasteiger partial charge < -0.3 is 9.84 Å². The van der Waals surface area contributed by atoms with E-state index in [1.807, 2.05) is 0 Å². The molecule has 0 radical (unpaired) electrons. The predicted molar refractivity (Wildman–Crippen MR) is 32.4 cm³/mol. The van der Waals surface area contributed by atoms with E-state index in [1.165, 1.54) is 7.11 Å². The van der Waals surface area contributed by atoms with Crippen molar-refractivity contribution in [3.63, 3.8) is 0 Å². The Morgan fingerprint density at radius 2 is 2.50 bits per heavy atom. The Morgan fingerprint density at radius 3 is 2.62 bits per heavy atom. The lowest BCUT2D eigenvalue weighted by Gasteiger charge is -1.97. The highest BCUT2D eigenvalue weighted by Crippen LogP contribution is 1.91. The molecule has 0 aliphatic rings. The van der Waals surface area contributed by atoms with Crippen LogP contribution in [0.1, 0.15) is 0 Å². The van der Waals surface area contributed by atoms with Crippen LogP contribution >= 0.6 is 0 Å². The van der Waals surface area contributed by atoms with Crippen molar-refractivity contribution in [2.24, 2.45) is 0 Å². The average Bonchev–Trinajstić information content (AvgIpc) is 1.83. The highest BCUT2D eigenvalue weighted by atomic mass is 16.5. The highest BCUT2D eigenvalue weighted by Gasteiger charge is 1.85. The molecule has 0 heterocycles. The van der Waals surface area contributed by atoms with Crippen LogP contribution < -0.4 is 0 Å². The van der Waals surface area contributed by atoms with Crippen LogP contribution in [0.3, 0.4) is 0 Å². The fraction of sp³-hybridized carbons (Fsp3) is 0.333. The van der Waals surface area contributed by atoms with Crippen molar-refractivity contribution in [3.8, 4) is 0 Å². The minimum Gasteiger partial charge on any atom is -0.499 e. The molecule has 0 aromatic carbocycles. The van der Waals surface area contributed by atoms with Gasteiger partial charge in [0, 0.05) is 0 Å². The van der Waals surface area contributed by atoms with E-state index in [1.54, 1.807) is 12.2 Å². The lowest BCUT2D eigenvalue weighted by atomic mass is 10.4. The van der Waals surface area contributed by atoms with E-state index >= 15 is 0 Å². The Bertz CT molecular complexity index is 88.7. The molecule has 2 nitrogen and oxygen atoms in total. The van der Waals surface area contributed by atoms with Gasteiger partial charge in [-0.15, -0.1) is 0 Å². The molecule has 0 rings (SSSR count). The van der Waals surface area contributed by atoms with Crippen LogP contribution in [0, 0.1) is 0 Å². The molecule has 0 saturated heterocycles. The number of aliphatic hydroxyl groups is 1. The predicted octanol–water partition coefficient (Wildman–Crippen LogP) is 0.695. The van der Waals surface area contributed by atoms with Gasteiger partial charge in [-0.3, -0.25) is 0 Å². The zero-order valence-corrected chi connectivity index (χ0v) is 4.92. The van der Waals surface area contributed by atoms with E-state index in [9.17, 15) is 0 Å². The number of hydrogen-bond donors (Lipinski definition) is 1. The second kappa shape index (κ2) is 4.40. The second-order valence-electron chi connectivity index (χ2n) is 1.23. The van der Waals surface area contributed by atoms with Crippen molar-refractivity contribution in [3.05, 3.63) is 24.5 Å². The fourth-order valence-corrected chi connectivity index (χ4v) is 0.317. The summed E-state index contributed by atoms with van der Waals surface area (Å²) >= 11 is 0. The number of allylic oxidation sites excluding steroid dienone is 2. The van der Waals surface area contributed by atoms with Crippen LogP contribution in [0.5, 0.6) is 0 Å². The first kappa shape index (κ1) is 7.24. The van der Waals surface area contributed by atoms with Crippen LogP contribution in [-0.2, 0) is 4.74 Å². The van der Waals surface area contributed by atoms with Gasteiger partial charge in [-0.1, -0.05) is 12.7 Å². The van der Waals surface area contributed by atoms with Gasteiger partial charge in [0.1, 0.15) is 12.4 Å². The summed E-state index contributed by atoms with van der Waals surface area (Å²) in [6, 6.07) is 0. The SMILES string of the molecule is C=C/C=C(/CO)OC. The lowest BCUT2D eigenvalue weighted by molar-refractivity contribution is 0.207. The number of hydrogen-bond acceptors (Lipinski definition) is 2. The third kappa shape index (κ3) is 2.42. The Morgan fingerprint density at radius 1 is 1.88 bits per heavy atom. The molecule has 0 fully saturated rings. The first-order valence-electron chi connectivity index (χ1n) is 2.31. The van der Waals surface area contributed by atoms with Crippen LogP contribution in [-0.4, -0.2) is 18.8 Å². The van der Waals surface area contributed by atoms with E-state index in [-0.39, 0.29) is 6.61 Å². The molecule has 2 heteroatoms. The van der Waals surface area contributed by atoms with E-state index in [0.29, 0.717) is 5.76 Å². The first-order valence-corrected chi connectivity index (χ1v) is 2.31. The summed E-state index contributed by atoms with van der Waals surface area (Å²) in [4.78, 5) is 0. The molecule has 8 heavy (non-hydrogen) atoms. The van der Waals surface area contributed by atoms with Crippen molar-refractivity contribution in [1.29, 1.82) is 0 Å². The van der Waals surface area contributed by atoms with Crippen molar-refractivity contribution >= 4 is 0 Å². The summed E-state index contributed by atoms with van der Waals surface area (Å²) in [6.07, 6.45) is 3.18. The van der Waals surface area contributed by atoms with E-state index in [0.717, 1.165) is 0 Å². The topological polar surface area (TPSA) is 29.5 Å². The molecule has 46 valence electrons. The molecule has 0 atom stereocenters. The normalized spacial score (nSPS) is 11.0. The van der Waals surface area contributed by atoms with Crippen molar-refractivity contribution in [1.82, 2.24) is 0 Å². The Balaban J connectivity index is 3.66. The molecular formula is C6H10O2. The van der Waals surface area contributed by atoms with Crippen LogP contribution in [0.15, 0.2) is 24.5 Å². The summed E-state index contributed by atoms with van der Waals surface area (Å²) < 4.78 is 4.68. The highest BCUT2D eigenvalue weighted by molar-refractivity contribution is 5.03. The molecule has 0 aromatic rings. The smallest absolute Gasteiger partial charge is 0.121 e. The number of rotatable bonds is 3.